The highest BCUT2D eigenvalue weighted by Gasteiger charge is 2.12. The highest BCUT2D eigenvalue weighted by atomic mass is 35.5. The predicted octanol–water partition coefficient (Wildman–Crippen LogP) is 3.05. The fourth-order valence-electron chi connectivity index (χ4n) is 0.928. The number of hydrogen-bond donors (Lipinski definition) is 0. The van der Waals surface area contributed by atoms with Crippen molar-refractivity contribution >= 4 is 28.2 Å². The van der Waals surface area contributed by atoms with Gasteiger partial charge in [-0.25, -0.2) is 0 Å². The van der Waals surface area contributed by atoms with Gasteiger partial charge in [-0.1, -0.05) is 0 Å². The molecule has 0 saturated heterocycles. The van der Waals surface area contributed by atoms with Crippen LogP contribution in [0.3, 0.4) is 0 Å². The number of thiophene rings is 1. The number of carbonyl (C=O) groups excluding carboxylic acids is 1. The van der Waals surface area contributed by atoms with Crippen molar-refractivity contribution in [2.24, 2.45) is 0 Å². The van der Waals surface area contributed by atoms with Crippen LogP contribution in [-0.2, 0) is 0 Å². The van der Waals surface area contributed by atoms with Gasteiger partial charge in [-0.05, 0) is 43.5 Å². The van der Waals surface area contributed by atoms with E-state index in [1.807, 2.05) is 20.8 Å². The summed E-state index contributed by atoms with van der Waals surface area (Å²) in [5.74, 6) is 0. The van der Waals surface area contributed by atoms with E-state index in [0.29, 0.717) is 4.88 Å². The lowest BCUT2D eigenvalue weighted by Crippen LogP contribution is -1.86. The lowest BCUT2D eigenvalue weighted by Gasteiger charge is -1.90. The van der Waals surface area contributed by atoms with Crippen molar-refractivity contribution in [2.75, 3.05) is 0 Å². The van der Waals surface area contributed by atoms with E-state index in [9.17, 15) is 4.79 Å². The summed E-state index contributed by atoms with van der Waals surface area (Å²) in [5.41, 5.74) is 2.20. The van der Waals surface area contributed by atoms with Gasteiger partial charge in [0, 0.05) is 4.88 Å². The first-order valence-electron chi connectivity index (χ1n) is 3.30. The molecule has 0 aromatic carbocycles. The summed E-state index contributed by atoms with van der Waals surface area (Å²) in [6.45, 7) is 5.93. The Kier molecular flexibility index (Phi) is 2.35. The van der Waals surface area contributed by atoms with Gasteiger partial charge in [0.2, 0.25) is 0 Å². The van der Waals surface area contributed by atoms with Crippen molar-refractivity contribution in [3.8, 4) is 0 Å². The van der Waals surface area contributed by atoms with Gasteiger partial charge in [0.05, 0.1) is 4.88 Å². The van der Waals surface area contributed by atoms with Gasteiger partial charge in [-0.3, -0.25) is 4.79 Å². The summed E-state index contributed by atoms with van der Waals surface area (Å²) >= 11 is 6.83. The Hall–Kier alpha value is -0.340. The maximum Gasteiger partial charge on any atom is 0.262 e. The van der Waals surface area contributed by atoms with E-state index in [0.717, 1.165) is 5.56 Å². The van der Waals surface area contributed by atoms with Crippen LogP contribution in [0.4, 0.5) is 0 Å². The van der Waals surface area contributed by atoms with Crippen LogP contribution in [0, 0.1) is 20.8 Å². The van der Waals surface area contributed by atoms with Crippen LogP contribution in [0.15, 0.2) is 0 Å². The van der Waals surface area contributed by atoms with Gasteiger partial charge < -0.3 is 0 Å². The van der Waals surface area contributed by atoms with Crippen LogP contribution in [0.2, 0.25) is 0 Å². The fraction of sp³-hybridized carbons (Fsp3) is 0.375. The second kappa shape index (κ2) is 2.95. The molecule has 1 nitrogen and oxygen atoms in total. The van der Waals surface area contributed by atoms with E-state index >= 15 is 0 Å². The monoisotopic (exact) mass is 188 g/mol. The molecule has 0 bridgehead atoms. The highest BCUT2D eigenvalue weighted by molar-refractivity contribution is 7.16. The van der Waals surface area contributed by atoms with Crippen LogP contribution in [0.25, 0.3) is 0 Å². The van der Waals surface area contributed by atoms with Crippen molar-refractivity contribution in [2.45, 2.75) is 20.8 Å². The first kappa shape index (κ1) is 8.75. The molecule has 11 heavy (non-hydrogen) atoms. The minimum atomic E-state index is -0.344. The van der Waals surface area contributed by atoms with Crippen LogP contribution >= 0.6 is 22.9 Å². The molecule has 0 aliphatic heterocycles. The standard InChI is InChI=1S/C8H9ClOS/c1-4-5(2)7(8(9)10)11-6(4)3/h1-3H3. The maximum absolute atomic E-state index is 10.8. The highest BCUT2D eigenvalue weighted by Crippen LogP contribution is 2.27. The molecule has 0 unspecified atom stereocenters. The number of rotatable bonds is 1. The van der Waals surface area contributed by atoms with E-state index in [1.165, 1.54) is 21.8 Å². The molecule has 0 spiro atoms. The number of hydrogen-bond acceptors (Lipinski definition) is 2. The van der Waals surface area contributed by atoms with Gasteiger partial charge in [-0.15, -0.1) is 11.3 Å². The zero-order valence-corrected chi connectivity index (χ0v) is 8.27. The third-order valence-electron chi connectivity index (χ3n) is 1.86. The molecular weight excluding hydrogens is 180 g/mol. The molecule has 0 saturated carbocycles. The summed E-state index contributed by atoms with van der Waals surface area (Å²) in [6.07, 6.45) is 0. The molecule has 1 aromatic rings. The summed E-state index contributed by atoms with van der Waals surface area (Å²) in [4.78, 5) is 12.7. The Labute approximate surface area is 75.0 Å². The smallest absolute Gasteiger partial charge is 0.262 e. The molecule has 0 radical (unpaired) electrons. The number of halogens is 1. The molecule has 0 N–H and O–H groups in total. The average Bonchev–Trinajstić information content (AvgIpc) is 2.17. The van der Waals surface area contributed by atoms with E-state index < -0.39 is 0 Å². The topological polar surface area (TPSA) is 17.1 Å². The van der Waals surface area contributed by atoms with Crippen LogP contribution < -0.4 is 0 Å². The largest absolute Gasteiger partial charge is 0.275 e. The zero-order valence-electron chi connectivity index (χ0n) is 6.69. The second-order valence-electron chi connectivity index (χ2n) is 2.51. The molecule has 1 aromatic heterocycles. The first-order chi connectivity index (χ1) is 5.04. The summed E-state index contributed by atoms with van der Waals surface area (Å²) in [7, 11) is 0. The second-order valence-corrected chi connectivity index (χ2v) is 4.08. The van der Waals surface area contributed by atoms with Crippen molar-refractivity contribution < 1.29 is 4.79 Å². The van der Waals surface area contributed by atoms with Crippen molar-refractivity contribution in [3.05, 3.63) is 20.9 Å². The minimum absolute atomic E-state index is 0.344. The number of carbonyl (C=O) groups is 1. The van der Waals surface area contributed by atoms with Crippen LogP contribution in [0.5, 0.6) is 0 Å². The lowest BCUT2D eigenvalue weighted by atomic mass is 10.1. The normalized spacial score (nSPS) is 10.2. The van der Waals surface area contributed by atoms with Gasteiger partial charge in [0.15, 0.2) is 0 Å². The van der Waals surface area contributed by atoms with Gasteiger partial charge in [0.25, 0.3) is 5.24 Å². The average molecular weight is 189 g/mol. The molecule has 0 amide bonds. The maximum atomic E-state index is 10.8. The molecule has 0 aliphatic rings. The lowest BCUT2D eigenvalue weighted by molar-refractivity contribution is 0.108. The molecule has 0 aliphatic carbocycles. The third kappa shape index (κ3) is 1.47. The van der Waals surface area contributed by atoms with Gasteiger partial charge in [0.1, 0.15) is 0 Å². The van der Waals surface area contributed by atoms with Crippen molar-refractivity contribution in [1.82, 2.24) is 0 Å². The SMILES string of the molecule is Cc1sc(C(=O)Cl)c(C)c1C. The Morgan fingerprint density at radius 2 is 1.82 bits per heavy atom. The Morgan fingerprint density at radius 3 is 2.00 bits per heavy atom. The molecular formula is C8H9ClOS. The molecule has 0 atom stereocenters. The molecule has 0 fully saturated rings. The van der Waals surface area contributed by atoms with Crippen LogP contribution in [0.1, 0.15) is 25.7 Å². The van der Waals surface area contributed by atoms with E-state index in [-0.39, 0.29) is 5.24 Å². The quantitative estimate of drug-likeness (QED) is 0.620. The summed E-state index contributed by atoms with van der Waals surface area (Å²) in [5, 5.41) is -0.344. The Balaban J connectivity index is 3.29. The Morgan fingerprint density at radius 1 is 1.27 bits per heavy atom. The Bertz CT molecular complexity index is 301. The molecule has 3 heteroatoms. The van der Waals surface area contributed by atoms with E-state index in [4.69, 9.17) is 11.6 Å². The molecule has 1 heterocycles. The van der Waals surface area contributed by atoms with E-state index in [2.05, 4.69) is 0 Å². The third-order valence-corrected chi connectivity index (χ3v) is 3.47. The number of aryl methyl sites for hydroxylation is 1. The fourth-order valence-corrected chi connectivity index (χ4v) is 2.18. The van der Waals surface area contributed by atoms with E-state index in [1.54, 1.807) is 0 Å². The minimum Gasteiger partial charge on any atom is -0.275 e. The van der Waals surface area contributed by atoms with Gasteiger partial charge in [-0.2, -0.15) is 0 Å². The van der Waals surface area contributed by atoms with Gasteiger partial charge >= 0.3 is 0 Å². The predicted molar refractivity (Wildman–Crippen MR) is 48.7 cm³/mol. The summed E-state index contributed by atoms with van der Waals surface area (Å²) in [6, 6.07) is 0. The van der Waals surface area contributed by atoms with Crippen molar-refractivity contribution in [1.29, 1.82) is 0 Å². The zero-order chi connectivity index (χ0) is 8.59. The molecule has 60 valence electrons. The summed E-state index contributed by atoms with van der Waals surface area (Å²) < 4.78 is 0. The van der Waals surface area contributed by atoms with Crippen LogP contribution in [-0.4, -0.2) is 5.24 Å². The first-order valence-corrected chi connectivity index (χ1v) is 4.50. The molecule has 1 rings (SSSR count). The van der Waals surface area contributed by atoms with Crippen molar-refractivity contribution in [3.63, 3.8) is 0 Å².